The Labute approximate surface area is 121 Å². The van der Waals surface area contributed by atoms with Crippen molar-refractivity contribution in [1.29, 1.82) is 0 Å². The number of carbonyl (C=O) groups is 1. The summed E-state index contributed by atoms with van der Waals surface area (Å²) in [6.07, 6.45) is 0.936. The molecule has 4 nitrogen and oxygen atoms in total. The van der Waals surface area contributed by atoms with Gasteiger partial charge < -0.3 is 9.47 Å². The molecule has 112 valence electrons. The monoisotopic (exact) mass is 279 g/mol. The van der Waals surface area contributed by atoms with Crippen LogP contribution in [0.25, 0.3) is 0 Å². The molecule has 0 aliphatic rings. The van der Waals surface area contributed by atoms with Crippen LogP contribution in [0.4, 0.5) is 0 Å². The number of esters is 1. The van der Waals surface area contributed by atoms with E-state index >= 15 is 0 Å². The third kappa shape index (κ3) is 3.73. The van der Waals surface area contributed by atoms with Crippen LogP contribution in [0.15, 0.2) is 24.3 Å². The summed E-state index contributed by atoms with van der Waals surface area (Å²) in [5, 5.41) is 3.29. The Morgan fingerprint density at radius 3 is 2.50 bits per heavy atom. The first-order valence-corrected chi connectivity index (χ1v) is 7.24. The maximum atomic E-state index is 12.4. The molecule has 1 aromatic carbocycles. The zero-order chi connectivity index (χ0) is 15.0. The van der Waals surface area contributed by atoms with Crippen LogP contribution in [-0.4, -0.2) is 25.7 Å². The minimum atomic E-state index is -0.891. The van der Waals surface area contributed by atoms with Gasteiger partial charge in [-0.3, -0.25) is 5.32 Å². The molecule has 0 heterocycles. The number of nitrogens with one attached hydrogen (secondary N) is 1. The van der Waals surface area contributed by atoms with Crippen molar-refractivity contribution in [3.8, 4) is 5.75 Å². The lowest BCUT2D eigenvalue weighted by Crippen LogP contribution is -2.48. The van der Waals surface area contributed by atoms with E-state index in [4.69, 9.17) is 9.47 Å². The van der Waals surface area contributed by atoms with Crippen LogP contribution in [0, 0.1) is 0 Å². The SMILES string of the molecule is CCCNC(C)(C(=O)OCC)c1ccccc1OCC. The van der Waals surface area contributed by atoms with Crippen LogP contribution in [0.3, 0.4) is 0 Å². The smallest absolute Gasteiger partial charge is 0.330 e. The predicted molar refractivity (Wildman–Crippen MR) is 79.9 cm³/mol. The van der Waals surface area contributed by atoms with E-state index < -0.39 is 5.54 Å². The summed E-state index contributed by atoms with van der Waals surface area (Å²) in [6, 6.07) is 7.59. The Morgan fingerprint density at radius 2 is 1.90 bits per heavy atom. The Bertz CT molecular complexity index is 433. The highest BCUT2D eigenvalue weighted by Gasteiger charge is 2.38. The van der Waals surface area contributed by atoms with Crippen LogP contribution in [0.2, 0.25) is 0 Å². The van der Waals surface area contributed by atoms with Crippen LogP contribution < -0.4 is 10.1 Å². The van der Waals surface area contributed by atoms with E-state index in [1.165, 1.54) is 0 Å². The van der Waals surface area contributed by atoms with Crippen LogP contribution in [0.1, 0.15) is 39.7 Å². The third-order valence-electron chi connectivity index (χ3n) is 3.14. The molecule has 0 amide bonds. The zero-order valence-corrected chi connectivity index (χ0v) is 12.9. The van der Waals surface area contributed by atoms with Gasteiger partial charge in [-0.1, -0.05) is 25.1 Å². The van der Waals surface area contributed by atoms with Crippen LogP contribution in [-0.2, 0) is 15.1 Å². The van der Waals surface area contributed by atoms with Gasteiger partial charge in [-0.2, -0.15) is 0 Å². The quantitative estimate of drug-likeness (QED) is 0.743. The standard InChI is InChI=1S/C16H25NO3/c1-5-12-17-16(4,15(18)20-7-3)13-10-8-9-11-14(13)19-6-2/h8-11,17H,5-7,12H2,1-4H3. The lowest BCUT2D eigenvalue weighted by Gasteiger charge is -2.30. The summed E-state index contributed by atoms with van der Waals surface area (Å²) in [7, 11) is 0. The average Bonchev–Trinajstić information content (AvgIpc) is 2.46. The second kappa shape index (κ2) is 7.90. The molecule has 0 aliphatic carbocycles. The molecular formula is C16H25NO3. The van der Waals surface area contributed by atoms with Crippen LogP contribution in [0.5, 0.6) is 5.75 Å². The fourth-order valence-electron chi connectivity index (χ4n) is 2.09. The van der Waals surface area contributed by atoms with Gasteiger partial charge in [0, 0.05) is 5.56 Å². The van der Waals surface area contributed by atoms with Crippen molar-refractivity contribution < 1.29 is 14.3 Å². The number of hydrogen-bond donors (Lipinski definition) is 1. The average molecular weight is 279 g/mol. The van der Waals surface area contributed by atoms with Crippen molar-refractivity contribution in [2.24, 2.45) is 0 Å². The molecular weight excluding hydrogens is 254 g/mol. The first-order chi connectivity index (χ1) is 9.60. The summed E-state index contributed by atoms with van der Waals surface area (Å²) >= 11 is 0. The largest absolute Gasteiger partial charge is 0.494 e. The predicted octanol–water partition coefficient (Wildman–Crippen LogP) is 2.86. The van der Waals surface area contributed by atoms with Gasteiger partial charge >= 0.3 is 5.97 Å². The van der Waals surface area contributed by atoms with Gasteiger partial charge in [-0.25, -0.2) is 4.79 Å². The molecule has 1 aromatic rings. The van der Waals surface area contributed by atoms with E-state index in [0.717, 1.165) is 18.5 Å². The fraction of sp³-hybridized carbons (Fsp3) is 0.562. The summed E-state index contributed by atoms with van der Waals surface area (Å²) in [5.74, 6) is 0.440. The van der Waals surface area contributed by atoms with Crippen molar-refractivity contribution in [3.63, 3.8) is 0 Å². The first-order valence-electron chi connectivity index (χ1n) is 7.24. The number of benzene rings is 1. The highest BCUT2D eigenvalue weighted by atomic mass is 16.5. The Kier molecular flexibility index (Phi) is 6.52. The molecule has 0 saturated carbocycles. The topological polar surface area (TPSA) is 47.6 Å². The van der Waals surface area contributed by atoms with Gasteiger partial charge in [0.1, 0.15) is 11.3 Å². The molecule has 1 unspecified atom stereocenters. The van der Waals surface area contributed by atoms with Crippen LogP contribution >= 0.6 is 0 Å². The highest BCUT2D eigenvalue weighted by molar-refractivity contribution is 5.83. The van der Waals surface area contributed by atoms with Gasteiger partial charge in [0.2, 0.25) is 0 Å². The Balaban J connectivity index is 3.18. The first kappa shape index (κ1) is 16.5. The maximum absolute atomic E-state index is 12.4. The highest BCUT2D eigenvalue weighted by Crippen LogP contribution is 2.31. The van der Waals surface area contributed by atoms with E-state index in [1.807, 2.05) is 45.0 Å². The lowest BCUT2D eigenvalue weighted by molar-refractivity contribution is -0.151. The molecule has 1 rings (SSSR count). The van der Waals surface area contributed by atoms with Gasteiger partial charge in [-0.05, 0) is 39.8 Å². The van der Waals surface area contributed by atoms with Crippen molar-refractivity contribution in [3.05, 3.63) is 29.8 Å². The maximum Gasteiger partial charge on any atom is 0.330 e. The summed E-state index contributed by atoms with van der Waals surface area (Å²) in [5.41, 5.74) is -0.0774. The molecule has 0 bridgehead atoms. The third-order valence-corrected chi connectivity index (χ3v) is 3.14. The van der Waals surface area contributed by atoms with Crippen molar-refractivity contribution >= 4 is 5.97 Å². The molecule has 1 N–H and O–H groups in total. The fourth-order valence-corrected chi connectivity index (χ4v) is 2.09. The minimum Gasteiger partial charge on any atom is -0.494 e. The van der Waals surface area contributed by atoms with E-state index in [9.17, 15) is 4.79 Å². The van der Waals surface area contributed by atoms with Crippen molar-refractivity contribution in [2.75, 3.05) is 19.8 Å². The van der Waals surface area contributed by atoms with E-state index in [-0.39, 0.29) is 5.97 Å². The number of rotatable bonds is 8. The van der Waals surface area contributed by atoms with Gasteiger partial charge in [0.15, 0.2) is 0 Å². The molecule has 0 aromatic heterocycles. The number of carbonyl (C=O) groups excluding carboxylic acids is 1. The number of hydrogen-bond acceptors (Lipinski definition) is 4. The summed E-state index contributed by atoms with van der Waals surface area (Å²) in [6.45, 7) is 9.30. The second-order valence-corrected chi connectivity index (χ2v) is 4.70. The zero-order valence-electron chi connectivity index (χ0n) is 12.9. The number of para-hydroxylation sites is 1. The molecule has 20 heavy (non-hydrogen) atoms. The molecule has 4 heteroatoms. The molecule has 0 spiro atoms. The van der Waals surface area contributed by atoms with E-state index in [1.54, 1.807) is 0 Å². The van der Waals surface area contributed by atoms with Gasteiger partial charge in [0.05, 0.1) is 13.2 Å². The molecule has 0 fully saturated rings. The number of ether oxygens (including phenoxy) is 2. The molecule has 0 radical (unpaired) electrons. The van der Waals surface area contributed by atoms with Crippen molar-refractivity contribution in [2.45, 2.75) is 39.7 Å². The molecule has 1 atom stereocenters. The lowest BCUT2D eigenvalue weighted by atomic mass is 9.91. The summed E-state index contributed by atoms with van der Waals surface area (Å²) in [4.78, 5) is 12.4. The van der Waals surface area contributed by atoms with E-state index in [0.29, 0.717) is 19.0 Å². The Hall–Kier alpha value is -1.55. The van der Waals surface area contributed by atoms with Gasteiger partial charge in [0.25, 0.3) is 0 Å². The Morgan fingerprint density at radius 1 is 1.20 bits per heavy atom. The molecule has 0 saturated heterocycles. The normalized spacial score (nSPS) is 13.6. The molecule has 0 aliphatic heterocycles. The second-order valence-electron chi connectivity index (χ2n) is 4.70. The van der Waals surface area contributed by atoms with Gasteiger partial charge in [-0.15, -0.1) is 0 Å². The van der Waals surface area contributed by atoms with E-state index in [2.05, 4.69) is 12.2 Å². The summed E-state index contributed by atoms with van der Waals surface area (Å²) < 4.78 is 10.9. The minimum absolute atomic E-state index is 0.277. The van der Waals surface area contributed by atoms with Crippen molar-refractivity contribution in [1.82, 2.24) is 5.32 Å².